The smallest absolute Gasteiger partial charge is 0.0408 e. The summed E-state index contributed by atoms with van der Waals surface area (Å²) in [6, 6.07) is 16.9. The maximum atomic E-state index is 6.06. The first kappa shape index (κ1) is 14.1. The van der Waals surface area contributed by atoms with E-state index in [-0.39, 0.29) is 0 Å². The van der Waals surface area contributed by atoms with Crippen molar-refractivity contribution in [3.05, 3.63) is 70.2 Å². The molecule has 0 bridgehead atoms. The van der Waals surface area contributed by atoms with E-state index in [2.05, 4.69) is 48.6 Å². The average Bonchev–Trinajstić information content (AvgIpc) is 2.38. The van der Waals surface area contributed by atoms with Gasteiger partial charge in [0.15, 0.2) is 0 Å². The lowest BCUT2D eigenvalue weighted by atomic mass is 9.91. The number of rotatable bonds is 5. The molecule has 0 aromatic heterocycles. The van der Waals surface area contributed by atoms with Crippen molar-refractivity contribution in [2.75, 3.05) is 13.6 Å². The molecule has 2 rings (SSSR count). The van der Waals surface area contributed by atoms with E-state index in [4.69, 9.17) is 11.6 Å². The van der Waals surface area contributed by atoms with E-state index in [1.54, 1.807) is 0 Å². The highest BCUT2D eigenvalue weighted by Crippen LogP contribution is 2.22. The minimum absolute atomic E-state index is 0.475. The van der Waals surface area contributed by atoms with Crippen LogP contribution in [0.15, 0.2) is 48.5 Å². The number of hydrogen-bond donors (Lipinski definition) is 1. The van der Waals surface area contributed by atoms with Crippen LogP contribution in [0.1, 0.15) is 22.6 Å². The zero-order valence-electron chi connectivity index (χ0n) is 11.5. The molecule has 0 heterocycles. The van der Waals surface area contributed by atoms with Crippen LogP contribution in [0.3, 0.4) is 0 Å². The van der Waals surface area contributed by atoms with Crippen molar-refractivity contribution in [3.63, 3.8) is 0 Å². The summed E-state index contributed by atoms with van der Waals surface area (Å²) in [7, 11) is 2.00. The van der Waals surface area contributed by atoms with Crippen LogP contribution >= 0.6 is 11.6 Å². The predicted molar refractivity (Wildman–Crippen MR) is 83.0 cm³/mol. The second-order valence-electron chi connectivity index (χ2n) is 5.00. The molecule has 2 aromatic rings. The van der Waals surface area contributed by atoms with Gasteiger partial charge in [0.05, 0.1) is 0 Å². The van der Waals surface area contributed by atoms with Crippen LogP contribution in [0, 0.1) is 6.92 Å². The van der Waals surface area contributed by atoms with Crippen molar-refractivity contribution in [1.82, 2.24) is 5.32 Å². The molecule has 0 spiro atoms. The summed E-state index contributed by atoms with van der Waals surface area (Å²) in [5.41, 5.74) is 3.98. The minimum Gasteiger partial charge on any atom is -0.319 e. The van der Waals surface area contributed by atoms with Gasteiger partial charge in [-0.05, 0) is 43.7 Å². The molecule has 100 valence electrons. The van der Waals surface area contributed by atoms with Crippen LogP contribution in [0.5, 0.6) is 0 Å². The van der Waals surface area contributed by atoms with Gasteiger partial charge in [0.25, 0.3) is 0 Å². The predicted octanol–water partition coefficient (Wildman–Crippen LogP) is 4.19. The molecule has 1 N–H and O–H groups in total. The number of likely N-dealkylation sites (N-methyl/N-ethyl adjacent to an activating group) is 1. The van der Waals surface area contributed by atoms with E-state index in [9.17, 15) is 0 Å². The Labute approximate surface area is 120 Å². The SMILES string of the molecule is CNCC(Cc1cccc(Cl)c1)c1cccc(C)c1. The Hall–Kier alpha value is -1.31. The summed E-state index contributed by atoms with van der Waals surface area (Å²) in [6.45, 7) is 3.11. The van der Waals surface area contributed by atoms with Gasteiger partial charge in [-0.25, -0.2) is 0 Å². The number of benzene rings is 2. The standard InChI is InChI=1S/C17H20ClN/c1-13-5-3-7-15(9-13)16(12-19-2)10-14-6-4-8-17(18)11-14/h3-9,11,16,19H,10,12H2,1-2H3. The first-order chi connectivity index (χ1) is 9.19. The van der Waals surface area contributed by atoms with E-state index in [0.29, 0.717) is 5.92 Å². The van der Waals surface area contributed by atoms with Gasteiger partial charge in [0, 0.05) is 17.5 Å². The largest absolute Gasteiger partial charge is 0.319 e. The van der Waals surface area contributed by atoms with Crippen molar-refractivity contribution in [3.8, 4) is 0 Å². The molecule has 2 heteroatoms. The van der Waals surface area contributed by atoms with E-state index in [0.717, 1.165) is 18.0 Å². The van der Waals surface area contributed by atoms with E-state index < -0.39 is 0 Å². The van der Waals surface area contributed by atoms with Crippen molar-refractivity contribution < 1.29 is 0 Å². The van der Waals surface area contributed by atoms with Crippen molar-refractivity contribution in [2.24, 2.45) is 0 Å². The number of nitrogens with one attached hydrogen (secondary N) is 1. The Morgan fingerprint density at radius 3 is 2.58 bits per heavy atom. The monoisotopic (exact) mass is 273 g/mol. The quantitative estimate of drug-likeness (QED) is 0.861. The Bertz CT molecular complexity index is 536. The Balaban J connectivity index is 2.21. The third-order valence-electron chi connectivity index (χ3n) is 3.34. The maximum Gasteiger partial charge on any atom is 0.0408 e. The van der Waals surface area contributed by atoms with Crippen LogP contribution < -0.4 is 5.32 Å². The lowest BCUT2D eigenvalue weighted by Crippen LogP contribution is -2.19. The summed E-state index contributed by atoms with van der Waals surface area (Å²) in [5.74, 6) is 0.475. The van der Waals surface area contributed by atoms with Gasteiger partial charge >= 0.3 is 0 Å². The van der Waals surface area contributed by atoms with E-state index in [1.807, 2.05) is 19.2 Å². The molecule has 0 saturated carbocycles. The number of aryl methyl sites for hydroxylation is 1. The second-order valence-corrected chi connectivity index (χ2v) is 5.44. The van der Waals surface area contributed by atoms with E-state index >= 15 is 0 Å². The van der Waals surface area contributed by atoms with Gasteiger partial charge in [-0.2, -0.15) is 0 Å². The van der Waals surface area contributed by atoms with Gasteiger partial charge < -0.3 is 5.32 Å². The Morgan fingerprint density at radius 1 is 1.11 bits per heavy atom. The first-order valence-electron chi connectivity index (χ1n) is 6.64. The summed E-state index contributed by atoms with van der Waals surface area (Å²) in [6.07, 6.45) is 1.00. The third-order valence-corrected chi connectivity index (χ3v) is 3.57. The molecule has 0 aliphatic heterocycles. The summed E-state index contributed by atoms with van der Waals surface area (Å²) in [5, 5.41) is 4.10. The average molecular weight is 274 g/mol. The lowest BCUT2D eigenvalue weighted by Gasteiger charge is -2.18. The molecule has 19 heavy (non-hydrogen) atoms. The fourth-order valence-corrected chi connectivity index (χ4v) is 2.64. The van der Waals surface area contributed by atoms with Crippen LogP contribution in [-0.2, 0) is 6.42 Å². The normalized spacial score (nSPS) is 12.4. The first-order valence-corrected chi connectivity index (χ1v) is 7.02. The molecule has 0 amide bonds. The van der Waals surface area contributed by atoms with Gasteiger partial charge in [-0.3, -0.25) is 0 Å². The molecule has 1 atom stereocenters. The van der Waals surface area contributed by atoms with Crippen molar-refractivity contribution in [1.29, 1.82) is 0 Å². The fourth-order valence-electron chi connectivity index (χ4n) is 2.43. The van der Waals surface area contributed by atoms with Crippen molar-refractivity contribution >= 4 is 11.6 Å². The molecule has 0 fully saturated rings. The second kappa shape index (κ2) is 6.74. The summed E-state index contributed by atoms with van der Waals surface area (Å²) in [4.78, 5) is 0. The van der Waals surface area contributed by atoms with Crippen LogP contribution in [0.2, 0.25) is 5.02 Å². The molecule has 0 aliphatic rings. The highest BCUT2D eigenvalue weighted by molar-refractivity contribution is 6.30. The van der Waals surface area contributed by atoms with E-state index in [1.165, 1.54) is 16.7 Å². The van der Waals surface area contributed by atoms with Crippen LogP contribution in [-0.4, -0.2) is 13.6 Å². The highest BCUT2D eigenvalue weighted by Gasteiger charge is 2.12. The van der Waals surface area contributed by atoms with Crippen LogP contribution in [0.4, 0.5) is 0 Å². The highest BCUT2D eigenvalue weighted by atomic mass is 35.5. The molecular formula is C17H20ClN. The van der Waals surface area contributed by atoms with Crippen molar-refractivity contribution in [2.45, 2.75) is 19.3 Å². The molecular weight excluding hydrogens is 254 g/mol. The summed E-state index contributed by atoms with van der Waals surface area (Å²) >= 11 is 6.06. The number of hydrogen-bond acceptors (Lipinski definition) is 1. The molecule has 0 saturated heterocycles. The maximum absolute atomic E-state index is 6.06. The van der Waals surface area contributed by atoms with Crippen LogP contribution in [0.25, 0.3) is 0 Å². The Morgan fingerprint density at radius 2 is 1.89 bits per heavy atom. The molecule has 0 aliphatic carbocycles. The zero-order chi connectivity index (χ0) is 13.7. The van der Waals surface area contributed by atoms with Gasteiger partial charge in [0.2, 0.25) is 0 Å². The number of halogens is 1. The minimum atomic E-state index is 0.475. The third kappa shape index (κ3) is 4.09. The summed E-state index contributed by atoms with van der Waals surface area (Å²) < 4.78 is 0. The molecule has 1 unspecified atom stereocenters. The van der Waals surface area contributed by atoms with Gasteiger partial charge in [0.1, 0.15) is 0 Å². The topological polar surface area (TPSA) is 12.0 Å². The Kier molecular flexibility index (Phi) is 5.00. The van der Waals surface area contributed by atoms with Gasteiger partial charge in [-0.1, -0.05) is 53.6 Å². The fraction of sp³-hybridized carbons (Fsp3) is 0.294. The lowest BCUT2D eigenvalue weighted by molar-refractivity contribution is 0.625. The molecule has 2 aromatic carbocycles. The van der Waals surface area contributed by atoms with Gasteiger partial charge in [-0.15, -0.1) is 0 Å². The molecule has 0 radical (unpaired) electrons. The zero-order valence-corrected chi connectivity index (χ0v) is 12.2. The molecule has 1 nitrogen and oxygen atoms in total.